The summed E-state index contributed by atoms with van der Waals surface area (Å²) in [5, 5.41) is 10.3. The molecule has 0 amide bonds. The van der Waals surface area contributed by atoms with Crippen molar-refractivity contribution in [3.8, 4) is 10.8 Å². The van der Waals surface area contributed by atoms with Crippen LogP contribution >= 0.6 is 11.3 Å². The monoisotopic (exact) mass is 227 g/mol. The van der Waals surface area contributed by atoms with Gasteiger partial charge in [0.05, 0.1) is 5.69 Å². The summed E-state index contributed by atoms with van der Waals surface area (Å²) in [6.45, 7) is 1.50. The van der Waals surface area contributed by atoms with Gasteiger partial charge in [-0.1, -0.05) is 0 Å². The van der Waals surface area contributed by atoms with Crippen LogP contribution in [0.4, 0.5) is 4.39 Å². The average Bonchev–Trinajstić information content (AvgIpc) is 2.71. The number of hydrogen-bond acceptors (Lipinski definition) is 4. The van der Waals surface area contributed by atoms with Gasteiger partial charge in [-0.05, 0) is 18.4 Å². The van der Waals surface area contributed by atoms with Crippen LogP contribution in [-0.4, -0.2) is 16.1 Å². The second-order valence-electron chi connectivity index (χ2n) is 2.84. The third-order valence-corrected chi connectivity index (χ3v) is 2.68. The smallest absolute Gasteiger partial charge is 0.373 e. The Hall–Kier alpha value is -1.69. The summed E-state index contributed by atoms with van der Waals surface area (Å²) in [5.41, 5.74) is 0.241. The third-order valence-electron chi connectivity index (χ3n) is 1.80. The van der Waals surface area contributed by atoms with E-state index in [1.54, 1.807) is 5.38 Å². The van der Waals surface area contributed by atoms with Crippen LogP contribution in [0.3, 0.4) is 0 Å². The van der Waals surface area contributed by atoms with E-state index in [0.717, 1.165) is 11.3 Å². The number of aromatic nitrogens is 1. The molecule has 0 radical (unpaired) electrons. The molecule has 0 fully saturated rings. The third kappa shape index (κ3) is 1.63. The van der Waals surface area contributed by atoms with Crippen LogP contribution < -0.4 is 0 Å². The number of halogens is 1. The minimum Gasteiger partial charge on any atom is -0.475 e. The topological polar surface area (TPSA) is 63.3 Å². The minimum atomic E-state index is -1.21. The highest BCUT2D eigenvalue weighted by Crippen LogP contribution is 2.29. The molecule has 6 heteroatoms. The second kappa shape index (κ2) is 3.47. The van der Waals surface area contributed by atoms with E-state index in [2.05, 4.69) is 4.98 Å². The normalized spacial score (nSPS) is 10.5. The fraction of sp³-hybridized carbons (Fsp3) is 0.111. The van der Waals surface area contributed by atoms with Gasteiger partial charge in [0.2, 0.25) is 11.7 Å². The standard InChI is InChI=1S/C9H6FNO3S/c1-4-6(9(12)13)14-8(11-4)7-5(10)2-3-15-7/h2-3H,1H3,(H,12,13). The zero-order valence-electron chi connectivity index (χ0n) is 7.65. The van der Waals surface area contributed by atoms with Crippen molar-refractivity contribution < 1.29 is 18.7 Å². The van der Waals surface area contributed by atoms with Crippen molar-refractivity contribution in [1.82, 2.24) is 4.98 Å². The maximum absolute atomic E-state index is 13.1. The Kier molecular flexibility index (Phi) is 2.28. The molecule has 1 N–H and O–H groups in total. The number of oxazole rings is 1. The molecule has 0 spiro atoms. The Bertz CT molecular complexity index is 517. The van der Waals surface area contributed by atoms with E-state index in [1.807, 2.05) is 0 Å². The molecule has 0 saturated heterocycles. The predicted molar refractivity (Wildman–Crippen MR) is 51.5 cm³/mol. The molecule has 2 aromatic heterocycles. The van der Waals surface area contributed by atoms with Gasteiger partial charge in [-0.2, -0.15) is 0 Å². The molecule has 0 aromatic carbocycles. The van der Waals surface area contributed by atoms with E-state index in [0.29, 0.717) is 0 Å². The van der Waals surface area contributed by atoms with Gasteiger partial charge in [0.1, 0.15) is 10.7 Å². The van der Waals surface area contributed by atoms with Gasteiger partial charge < -0.3 is 9.52 Å². The Morgan fingerprint density at radius 3 is 2.87 bits per heavy atom. The molecule has 0 aliphatic rings. The maximum Gasteiger partial charge on any atom is 0.373 e. The highest BCUT2D eigenvalue weighted by Gasteiger charge is 2.19. The molecule has 0 aliphatic carbocycles. The van der Waals surface area contributed by atoms with Crippen molar-refractivity contribution >= 4 is 17.3 Å². The number of aromatic carboxylic acids is 1. The van der Waals surface area contributed by atoms with Crippen molar-refractivity contribution in [3.05, 3.63) is 28.7 Å². The van der Waals surface area contributed by atoms with Gasteiger partial charge in [-0.25, -0.2) is 14.2 Å². The Morgan fingerprint density at radius 2 is 2.40 bits per heavy atom. The van der Waals surface area contributed by atoms with Crippen molar-refractivity contribution in [3.63, 3.8) is 0 Å². The van der Waals surface area contributed by atoms with E-state index in [-0.39, 0.29) is 22.2 Å². The van der Waals surface area contributed by atoms with Crippen LogP contribution in [0.15, 0.2) is 15.9 Å². The number of rotatable bonds is 2. The first-order chi connectivity index (χ1) is 7.09. The number of carbonyl (C=O) groups is 1. The van der Waals surface area contributed by atoms with Gasteiger partial charge in [0.15, 0.2) is 0 Å². The first-order valence-electron chi connectivity index (χ1n) is 4.03. The summed E-state index contributed by atoms with van der Waals surface area (Å²) in [5.74, 6) is -1.91. The number of carboxylic acid groups (broad SMARTS) is 1. The lowest BCUT2D eigenvalue weighted by atomic mass is 10.4. The SMILES string of the molecule is Cc1nc(-c2sccc2F)oc1C(=O)O. The summed E-state index contributed by atoms with van der Waals surface area (Å²) in [7, 11) is 0. The molecule has 2 rings (SSSR count). The zero-order valence-corrected chi connectivity index (χ0v) is 8.47. The molecule has 0 saturated carbocycles. The van der Waals surface area contributed by atoms with Crippen LogP contribution in [0.5, 0.6) is 0 Å². The summed E-state index contributed by atoms with van der Waals surface area (Å²) < 4.78 is 18.1. The lowest BCUT2D eigenvalue weighted by Gasteiger charge is -1.88. The lowest BCUT2D eigenvalue weighted by molar-refractivity contribution is 0.0662. The number of hydrogen-bond donors (Lipinski definition) is 1. The Morgan fingerprint density at radius 1 is 1.67 bits per heavy atom. The van der Waals surface area contributed by atoms with Crippen LogP contribution in [0, 0.1) is 12.7 Å². The predicted octanol–water partition coefficient (Wildman–Crippen LogP) is 2.55. The van der Waals surface area contributed by atoms with Crippen molar-refractivity contribution in [2.24, 2.45) is 0 Å². The van der Waals surface area contributed by atoms with Crippen molar-refractivity contribution in [1.29, 1.82) is 0 Å². The van der Waals surface area contributed by atoms with E-state index in [9.17, 15) is 9.18 Å². The quantitative estimate of drug-likeness (QED) is 0.856. The van der Waals surface area contributed by atoms with Crippen LogP contribution in [-0.2, 0) is 0 Å². The molecule has 2 heterocycles. The maximum atomic E-state index is 13.1. The molecular formula is C9H6FNO3S. The summed E-state index contributed by atoms with van der Waals surface area (Å²) in [6.07, 6.45) is 0. The first kappa shape index (κ1) is 9.85. The fourth-order valence-electron chi connectivity index (χ4n) is 1.14. The van der Waals surface area contributed by atoms with E-state index < -0.39 is 11.8 Å². The van der Waals surface area contributed by atoms with Gasteiger partial charge in [-0.15, -0.1) is 11.3 Å². The summed E-state index contributed by atoms with van der Waals surface area (Å²) in [6, 6.07) is 1.28. The molecule has 0 bridgehead atoms. The minimum absolute atomic E-state index is 0.0115. The Labute approximate surface area is 88.0 Å². The summed E-state index contributed by atoms with van der Waals surface area (Å²) in [4.78, 5) is 14.7. The number of thiophene rings is 1. The van der Waals surface area contributed by atoms with Crippen molar-refractivity contribution in [2.75, 3.05) is 0 Å². The highest BCUT2D eigenvalue weighted by molar-refractivity contribution is 7.13. The van der Waals surface area contributed by atoms with Crippen LogP contribution in [0.2, 0.25) is 0 Å². The van der Waals surface area contributed by atoms with Crippen LogP contribution in [0.1, 0.15) is 16.2 Å². The molecule has 15 heavy (non-hydrogen) atoms. The molecule has 0 unspecified atom stereocenters. The molecule has 78 valence electrons. The molecule has 2 aromatic rings. The molecular weight excluding hydrogens is 221 g/mol. The average molecular weight is 227 g/mol. The van der Waals surface area contributed by atoms with Gasteiger partial charge in [0.25, 0.3) is 0 Å². The van der Waals surface area contributed by atoms with Gasteiger partial charge >= 0.3 is 5.97 Å². The molecule has 0 aliphatic heterocycles. The second-order valence-corrected chi connectivity index (χ2v) is 3.75. The first-order valence-corrected chi connectivity index (χ1v) is 4.91. The largest absolute Gasteiger partial charge is 0.475 e. The highest BCUT2D eigenvalue weighted by atomic mass is 32.1. The summed E-state index contributed by atoms with van der Waals surface area (Å²) >= 11 is 1.11. The number of nitrogens with zero attached hydrogens (tertiary/aromatic N) is 1. The fourth-order valence-corrected chi connectivity index (χ4v) is 1.83. The lowest BCUT2D eigenvalue weighted by Crippen LogP contribution is -1.95. The molecule has 4 nitrogen and oxygen atoms in total. The van der Waals surface area contributed by atoms with E-state index in [4.69, 9.17) is 9.52 Å². The van der Waals surface area contributed by atoms with Crippen LogP contribution in [0.25, 0.3) is 10.8 Å². The number of aryl methyl sites for hydroxylation is 1. The van der Waals surface area contributed by atoms with E-state index in [1.165, 1.54) is 13.0 Å². The van der Waals surface area contributed by atoms with Gasteiger partial charge in [-0.3, -0.25) is 0 Å². The van der Waals surface area contributed by atoms with Gasteiger partial charge in [0, 0.05) is 0 Å². The zero-order chi connectivity index (χ0) is 11.0. The Balaban J connectivity index is 2.52. The van der Waals surface area contributed by atoms with Crippen molar-refractivity contribution in [2.45, 2.75) is 6.92 Å². The van der Waals surface area contributed by atoms with E-state index >= 15 is 0 Å². The number of carboxylic acids is 1. The molecule has 0 atom stereocenters.